The van der Waals surface area contributed by atoms with Crippen LogP contribution in [0.2, 0.25) is 0 Å². The van der Waals surface area contributed by atoms with Gasteiger partial charge in [0, 0.05) is 55.8 Å². The molecule has 31 heavy (non-hydrogen) atoms. The highest BCUT2D eigenvalue weighted by Crippen LogP contribution is 2.26. The quantitative estimate of drug-likeness (QED) is 0.679. The SMILES string of the molecule is N#Cc1ccc(NC2CCC(Nc3ccc(N4CCN(C(=O)O)CC4)cc3)CC2)nc1. The smallest absolute Gasteiger partial charge is 0.407 e. The van der Waals surface area contributed by atoms with Gasteiger partial charge in [0.25, 0.3) is 0 Å². The summed E-state index contributed by atoms with van der Waals surface area (Å²) in [6.07, 6.45) is 5.10. The Labute approximate surface area is 182 Å². The van der Waals surface area contributed by atoms with Gasteiger partial charge in [-0.05, 0) is 62.1 Å². The topological polar surface area (TPSA) is 105 Å². The number of nitrogens with zero attached hydrogens (tertiary/aromatic N) is 4. The number of hydrogen-bond acceptors (Lipinski definition) is 6. The molecular weight excluding hydrogens is 392 g/mol. The van der Waals surface area contributed by atoms with Gasteiger partial charge in [0.15, 0.2) is 0 Å². The van der Waals surface area contributed by atoms with Crippen LogP contribution in [0.5, 0.6) is 0 Å². The maximum absolute atomic E-state index is 11.0. The molecule has 2 aromatic rings. The number of aromatic nitrogens is 1. The Kier molecular flexibility index (Phi) is 6.41. The molecule has 0 atom stereocenters. The Balaban J connectivity index is 1.22. The zero-order chi connectivity index (χ0) is 21.6. The van der Waals surface area contributed by atoms with E-state index in [4.69, 9.17) is 10.4 Å². The molecule has 1 saturated carbocycles. The van der Waals surface area contributed by atoms with Crippen LogP contribution in [0.15, 0.2) is 42.6 Å². The minimum absolute atomic E-state index is 0.408. The van der Waals surface area contributed by atoms with Crippen LogP contribution in [-0.4, -0.2) is 59.3 Å². The molecule has 2 heterocycles. The standard InChI is InChI=1S/C23H28N6O2/c24-15-17-1-10-22(25-16-17)27-20-4-2-18(3-5-20)26-19-6-8-21(9-7-19)28-11-13-29(14-12-28)23(30)31/h1,6-10,16,18,20,26H,2-5,11-14H2,(H,25,27)(H,30,31). The molecule has 3 N–H and O–H groups in total. The van der Waals surface area contributed by atoms with Crippen LogP contribution >= 0.6 is 0 Å². The number of carbonyl (C=O) groups is 1. The van der Waals surface area contributed by atoms with E-state index in [1.54, 1.807) is 12.3 Å². The van der Waals surface area contributed by atoms with Crippen molar-refractivity contribution in [2.24, 2.45) is 0 Å². The van der Waals surface area contributed by atoms with E-state index >= 15 is 0 Å². The van der Waals surface area contributed by atoms with E-state index < -0.39 is 6.09 Å². The predicted octanol–water partition coefficient (Wildman–Crippen LogP) is 3.59. The molecule has 8 nitrogen and oxygen atoms in total. The van der Waals surface area contributed by atoms with Crippen molar-refractivity contribution >= 4 is 23.3 Å². The molecule has 2 fully saturated rings. The summed E-state index contributed by atoms with van der Waals surface area (Å²) < 4.78 is 0. The fourth-order valence-corrected chi connectivity index (χ4v) is 4.30. The maximum Gasteiger partial charge on any atom is 0.407 e. The third kappa shape index (κ3) is 5.37. The lowest BCUT2D eigenvalue weighted by molar-refractivity contribution is 0.142. The lowest BCUT2D eigenvalue weighted by Gasteiger charge is -2.34. The van der Waals surface area contributed by atoms with Crippen molar-refractivity contribution in [1.29, 1.82) is 5.26 Å². The first-order chi connectivity index (χ1) is 15.1. The van der Waals surface area contributed by atoms with Crippen LogP contribution in [-0.2, 0) is 0 Å². The Hall–Kier alpha value is -3.47. The van der Waals surface area contributed by atoms with Gasteiger partial charge in [-0.1, -0.05) is 0 Å². The van der Waals surface area contributed by atoms with E-state index in [1.807, 2.05) is 6.07 Å². The molecule has 1 aromatic carbocycles. The monoisotopic (exact) mass is 420 g/mol. The molecule has 2 aliphatic rings. The van der Waals surface area contributed by atoms with Crippen LogP contribution in [0.4, 0.5) is 22.0 Å². The summed E-state index contributed by atoms with van der Waals surface area (Å²) in [4.78, 5) is 19.1. The Morgan fingerprint density at radius 1 is 0.968 bits per heavy atom. The molecule has 8 heteroatoms. The summed E-state index contributed by atoms with van der Waals surface area (Å²) >= 11 is 0. The van der Waals surface area contributed by atoms with Crippen molar-refractivity contribution < 1.29 is 9.90 Å². The number of pyridine rings is 1. The van der Waals surface area contributed by atoms with Crippen LogP contribution in [0.25, 0.3) is 0 Å². The third-order valence-corrected chi connectivity index (χ3v) is 6.13. The average Bonchev–Trinajstić information content (AvgIpc) is 2.81. The Morgan fingerprint density at radius 2 is 1.61 bits per heavy atom. The van der Waals surface area contributed by atoms with Crippen LogP contribution in [0.1, 0.15) is 31.2 Å². The lowest BCUT2D eigenvalue weighted by Crippen LogP contribution is -2.48. The van der Waals surface area contributed by atoms with Gasteiger partial charge in [0.05, 0.1) is 5.56 Å². The van der Waals surface area contributed by atoms with Crippen LogP contribution < -0.4 is 15.5 Å². The molecule has 0 bridgehead atoms. The zero-order valence-electron chi connectivity index (χ0n) is 17.5. The molecule has 0 radical (unpaired) electrons. The molecule has 1 saturated heterocycles. The summed E-state index contributed by atoms with van der Waals surface area (Å²) in [6.45, 7) is 2.55. The first-order valence-electron chi connectivity index (χ1n) is 10.8. The number of rotatable bonds is 5. The first kappa shape index (κ1) is 20.8. The number of benzene rings is 1. The average molecular weight is 421 g/mol. The number of carboxylic acid groups (broad SMARTS) is 1. The second-order valence-corrected chi connectivity index (χ2v) is 8.18. The zero-order valence-corrected chi connectivity index (χ0v) is 17.5. The number of hydrogen-bond donors (Lipinski definition) is 3. The van der Waals surface area contributed by atoms with Gasteiger partial charge in [-0.2, -0.15) is 5.26 Å². The fraction of sp³-hybridized carbons (Fsp3) is 0.435. The van der Waals surface area contributed by atoms with E-state index in [2.05, 4.69) is 50.9 Å². The van der Waals surface area contributed by atoms with E-state index in [9.17, 15) is 4.79 Å². The van der Waals surface area contributed by atoms with Crippen molar-refractivity contribution in [2.45, 2.75) is 37.8 Å². The normalized spacial score (nSPS) is 21.3. The summed E-state index contributed by atoms with van der Waals surface area (Å²) in [6, 6.07) is 15.1. The van der Waals surface area contributed by atoms with E-state index in [0.717, 1.165) is 56.0 Å². The van der Waals surface area contributed by atoms with Gasteiger partial charge < -0.3 is 25.5 Å². The van der Waals surface area contributed by atoms with Gasteiger partial charge in [-0.15, -0.1) is 0 Å². The molecule has 4 rings (SSSR count). The molecule has 162 valence electrons. The third-order valence-electron chi connectivity index (χ3n) is 6.13. The largest absolute Gasteiger partial charge is 0.465 e. The lowest BCUT2D eigenvalue weighted by atomic mass is 9.91. The number of piperazine rings is 1. The van der Waals surface area contributed by atoms with Crippen molar-refractivity contribution in [1.82, 2.24) is 9.88 Å². The van der Waals surface area contributed by atoms with Crippen LogP contribution in [0, 0.1) is 11.3 Å². The molecule has 1 aliphatic carbocycles. The molecular formula is C23H28N6O2. The number of anilines is 3. The van der Waals surface area contributed by atoms with Gasteiger partial charge in [-0.25, -0.2) is 9.78 Å². The minimum atomic E-state index is -0.836. The van der Waals surface area contributed by atoms with Gasteiger partial charge >= 0.3 is 6.09 Å². The molecule has 1 aromatic heterocycles. The highest BCUT2D eigenvalue weighted by Gasteiger charge is 2.22. The molecule has 0 spiro atoms. The summed E-state index contributed by atoms with van der Waals surface area (Å²) in [5, 5.41) is 25.1. The van der Waals surface area contributed by atoms with Gasteiger partial charge in [0.2, 0.25) is 0 Å². The van der Waals surface area contributed by atoms with Gasteiger partial charge in [0.1, 0.15) is 11.9 Å². The Bertz CT molecular complexity index is 909. The van der Waals surface area contributed by atoms with Gasteiger partial charge in [-0.3, -0.25) is 0 Å². The fourth-order valence-electron chi connectivity index (χ4n) is 4.30. The highest BCUT2D eigenvalue weighted by atomic mass is 16.4. The minimum Gasteiger partial charge on any atom is -0.465 e. The molecule has 1 aliphatic heterocycles. The molecule has 0 unspecified atom stereocenters. The Morgan fingerprint density at radius 3 is 2.16 bits per heavy atom. The second-order valence-electron chi connectivity index (χ2n) is 8.18. The van der Waals surface area contributed by atoms with Crippen molar-refractivity contribution in [3.63, 3.8) is 0 Å². The van der Waals surface area contributed by atoms with Crippen molar-refractivity contribution in [3.8, 4) is 6.07 Å². The van der Waals surface area contributed by atoms with E-state index in [-0.39, 0.29) is 0 Å². The highest BCUT2D eigenvalue weighted by molar-refractivity contribution is 5.65. The molecule has 1 amide bonds. The number of amides is 1. The second kappa shape index (κ2) is 9.56. The maximum atomic E-state index is 11.0. The first-order valence-corrected chi connectivity index (χ1v) is 10.8. The van der Waals surface area contributed by atoms with Crippen LogP contribution in [0.3, 0.4) is 0 Å². The number of nitriles is 1. The van der Waals surface area contributed by atoms with E-state index in [0.29, 0.717) is 30.7 Å². The summed E-state index contributed by atoms with van der Waals surface area (Å²) in [5.74, 6) is 0.829. The van der Waals surface area contributed by atoms with Crippen molar-refractivity contribution in [3.05, 3.63) is 48.2 Å². The summed E-state index contributed by atoms with van der Waals surface area (Å²) in [5.41, 5.74) is 2.84. The van der Waals surface area contributed by atoms with E-state index in [1.165, 1.54) is 4.90 Å². The summed E-state index contributed by atoms with van der Waals surface area (Å²) in [7, 11) is 0. The number of nitrogens with one attached hydrogen (secondary N) is 2. The van der Waals surface area contributed by atoms with Crippen molar-refractivity contribution in [2.75, 3.05) is 41.7 Å². The predicted molar refractivity (Wildman–Crippen MR) is 120 cm³/mol.